The predicted octanol–water partition coefficient (Wildman–Crippen LogP) is 2.70. The average molecular weight is 280 g/mol. The third-order valence-corrected chi connectivity index (χ3v) is 3.29. The maximum absolute atomic E-state index is 9.60. The summed E-state index contributed by atoms with van der Waals surface area (Å²) in [4.78, 5) is 9.20. The average Bonchev–Trinajstić information content (AvgIpc) is 2.39. The fourth-order valence-corrected chi connectivity index (χ4v) is 1.83. The first-order chi connectivity index (χ1) is 9.29. The monoisotopic (exact) mass is 280 g/mol. The molecule has 0 aromatic carbocycles. The van der Waals surface area contributed by atoms with Crippen LogP contribution in [0, 0.1) is 6.92 Å². The number of hydrogen-bond donors (Lipinski definition) is 3. The van der Waals surface area contributed by atoms with Gasteiger partial charge in [0.1, 0.15) is 17.5 Å². The Morgan fingerprint density at radius 1 is 1.20 bits per heavy atom. The number of aromatic nitrogens is 2. The van der Waals surface area contributed by atoms with Crippen molar-refractivity contribution in [2.24, 2.45) is 0 Å². The van der Waals surface area contributed by atoms with Crippen LogP contribution in [0.15, 0.2) is 0 Å². The topological polar surface area (TPSA) is 70.1 Å². The van der Waals surface area contributed by atoms with Crippen LogP contribution in [0.25, 0.3) is 0 Å². The number of aliphatic hydroxyl groups is 1. The standard InChI is InChI=1S/C15H28N4O/c1-7-11(20)8-9-17-13-10(2)12(16-6)18-14(19-13)15(3,4)5/h11,20H,7-9H2,1-6H3,(H2,16,17,18,19). The number of rotatable bonds is 6. The molecular formula is C15H28N4O. The van der Waals surface area contributed by atoms with Crippen molar-refractivity contribution in [2.45, 2.75) is 59.0 Å². The summed E-state index contributed by atoms with van der Waals surface area (Å²) in [6.07, 6.45) is 1.24. The van der Waals surface area contributed by atoms with E-state index in [1.807, 2.05) is 20.9 Å². The van der Waals surface area contributed by atoms with Crippen LogP contribution in [0.3, 0.4) is 0 Å². The lowest BCUT2D eigenvalue weighted by Crippen LogP contribution is -2.20. The van der Waals surface area contributed by atoms with Gasteiger partial charge in [0.15, 0.2) is 0 Å². The van der Waals surface area contributed by atoms with Gasteiger partial charge in [-0.3, -0.25) is 0 Å². The van der Waals surface area contributed by atoms with Crippen LogP contribution in [-0.2, 0) is 5.41 Å². The fourth-order valence-electron chi connectivity index (χ4n) is 1.83. The minimum Gasteiger partial charge on any atom is -0.393 e. The lowest BCUT2D eigenvalue weighted by atomic mass is 9.95. The highest BCUT2D eigenvalue weighted by molar-refractivity contribution is 5.57. The van der Waals surface area contributed by atoms with E-state index in [9.17, 15) is 5.11 Å². The zero-order valence-electron chi connectivity index (χ0n) is 13.5. The third kappa shape index (κ3) is 4.34. The van der Waals surface area contributed by atoms with Gasteiger partial charge in [0, 0.05) is 24.6 Å². The third-order valence-electron chi connectivity index (χ3n) is 3.29. The summed E-state index contributed by atoms with van der Waals surface area (Å²) in [5.41, 5.74) is 0.907. The first kappa shape index (κ1) is 16.7. The molecule has 0 saturated heterocycles. The molecule has 0 aliphatic heterocycles. The zero-order chi connectivity index (χ0) is 15.3. The summed E-state index contributed by atoms with van der Waals surface area (Å²) < 4.78 is 0. The highest BCUT2D eigenvalue weighted by Gasteiger charge is 2.20. The molecule has 20 heavy (non-hydrogen) atoms. The Morgan fingerprint density at radius 3 is 2.30 bits per heavy atom. The highest BCUT2D eigenvalue weighted by atomic mass is 16.3. The van der Waals surface area contributed by atoms with Crippen molar-refractivity contribution in [1.82, 2.24) is 9.97 Å². The highest BCUT2D eigenvalue weighted by Crippen LogP contribution is 2.26. The zero-order valence-corrected chi connectivity index (χ0v) is 13.5. The van der Waals surface area contributed by atoms with Gasteiger partial charge >= 0.3 is 0 Å². The molecule has 1 aromatic rings. The summed E-state index contributed by atoms with van der Waals surface area (Å²) in [6, 6.07) is 0. The minimum absolute atomic E-state index is 0.0985. The van der Waals surface area contributed by atoms with E-state index in [1.54, 1.807) is 0 Å². The summed E-state index contributed by atoms with van der Waals surface area (Å²) in [6.45, 7) is 11.0. The van der Waals surface area contributed by atoms with Gasteiger partial charge in [0.25, 0.3) is 0 Å². The molecular weight excluding hydrogens is 252 g/mol. The molecule has 1 unspecified atom stereocenters. The Hall–Kier alpha value is -1.36. The van der Waals surface area contributed by atoms with Gasteiger partial charge in [-0.1, -0.05) is 27.7 Å². The maximum Gasteiger partial charge on any atom is 0.138 e. The summed E-state index contributed by atoms with van der Waals surface area (Å²) in [7, 11) is 1.87. The van der Waals surface area contributed by atoms with Crippen molar-refractivity contribution in [3.05, 3.63) is 11.4 Å². The molecule has 3 N–H and O–H groups in total. The molecule has 0 bridgehead atoms. The molecule has 1 heterocycles. The molecule has 0 radical (unpaired) electrons. The van der Waals surface area contributed by atoms with Gasteiger partial charge in [-0.2, -0.15) is 0 Å². The van der Waals surface area contributed by atoms with Gasteiger partial charge in [-0.25, -0.2) is 9.97 Å². The first-order valence-corrected chi connectivity index (χ1v) is 7.28. The Balaban J connectivity index is 2.94. The first-order valence-electron chi connectivity index (χ1n) is 7.28. The number of nitrogens with zero attached hydrogens (tertiary/aromatic N) is 2. The number of hydrogen-bond acceptors (Lipinski definition) is 5. The van der Waals surface area contributed by atoms with Crippen LogP contribution >= 0.6 is 0 Å². The van der Waals surface area contributed by atoms with Crippen molar-refractivity contribution in [2.75, 3.05) is 24.2 Å². The Labute approximate surface area is 122 Å². The van der Waals surface area contributed by atoms with E-state index in [-0.39, 0.29) is 11.5 Å². The van der Waals surface area contributed by atoms with Crippen LogP contribution in [0.2, 0.25) is 0 Å². The predicted molar refractivity (Wildman–Crippen MR) is 84.4 cm³/mol. The number of aliphatic hydroxyl groups excluding tert-OH is 1. The van der Waals surface area contributed by atoms with Crippen LogP contribution in [0.4, 0.5) is 11.6 Å². The molecule has 0 fully saturated rings. The van der Waals surface area contributed by atoms with E-state index >= 15 is 0 Å². The van der Waals surface area contributed by atoms with Crippen molar-refractivity contribution in [3.63, 3.8) is 0 Å². The SMILES string of the molecule is CCC(O)CCNc1nc(C(C)(C)C)nc(NC)c1C. The quantitative estimate of drug-likeness (QED) is 0.747. The second-order valence-electron chi connectivity index (χ2n) is 6.15. The Morgan fingerprint density at radius 2 is 1.80 bits per heavy atom. The maximum atomic E-state index is 9.60. The lowest BCUT2D eigenvalue weighted by Gasteiger charge is -2.21. The summed E-state index contributed by atoms with van der Waals surface area (Å²) in [5, 5.41) is 16.0. The Bertz CT molecular complexity index is 440. The van der Waals surface area contributed by atoms with Crippen LogP contribution < -0.4 is 10.6 Å². The van der Waals surface area contributed by atoms with E-state index in [1.165, 1.54) is 0 Å². The fraction of sp³-hybridized carbons (Fsp3) is 0.733. The van der Waals surface area contributed by atoms with E-state index < -0.39 is 0 Å². The molecule has 1 atom stereocenters. The summed E-state index contributed by atoms with van der Waals surface area (Å²) >= 11 is 0. The Kier molecular flexibility index (Phi) is 5.74. The minimum atomic E-state index is -0.254. The molecule has 114 valence electrons. The van der Waals surface area contributed by atoms with E-state index in [2.05, 4.69) is 41.4 Å². The molecule has 0 spiro atoms. The van der Waals surface area contributed by atoms with Gasteiger partial charge in [-0.15, -0.1) is 0 Å². The van der Waals surface area contributed by atoms with Gasteiger partial charge in [0.05, 0.1) is 6.10 Å². The number of anilines is 2. The van der Waals surface area contributed by atoms with E-state index in [0.29, 0.717) is 6.54 Å². The smallest absolute Gasteiger partial charge is 0.138 e. The van der Waals surface area contributed by atoms with Crippen molar-refractivity contribution < 1.29 is 5.11 Å². The second kappa shape index (κ2) is 6.88. The van der Waals surface area contributed by atoms with Crippen molar-refractivity contribution in [3.8, 4) is 0 Å². The van der Waals surface area contributed by atoms with Crippen LogP contribution in [0.1, 0.15) is 51.9 Å². The van der Waals surface area contributed by atoms with Crippen LogP contribution in [0.5, 0.6) is 0 Å². The van der Waals surface area contributed by atoms with Gasteiger partial charge in [0.2, 0.25) is 0 Å². The van der Waals surface area contributed by atoms with E-state index in [4.69, 9.17) is 0 Å². The molecule has 0 aliphatic rings. The van der Waals surface area contributed by atoms with Gasteiger partial charge < -0.3 is 15.7 Å². The summed E-state index contributed by atoms with van der Waals surface area (Å²) in [5.74, 6) is 2.51. The molecule has 1 rings (SSSR count). The largest absolute Gasteiger partial charge is 0.393 e. The van der Waals surface area contributed by atoms with Crippen LogP contribution in [-0.4, -0.2) is 34.8 Å². The lowest BCUT2D eigenvalue weighted by molar-refractivity contribution is 0.164. The molecule has 0 saturated carbocycles. The molecule has 5 nitrogen and oxygen atoms in total. The van der Waals surface area contributed by atoms with Crippen molar-refractivity contribution in [1.29, 1.82) is 0 Å². The second-order valence-corrected chi connectivity index (χ2v) is 6.15. The van der Waals surface area contributed by atoms with Crippen molar-refractivity contribution >= 4 is 11.6 Å². The number of nitrogens with one attached hydrogen (secondary N) is 2. The molecule has 0 aliphatic carbocycles. The van der Waals surface area contributed by atoms with E-state index in [0.717, 1.165) is 35.9 Å². The normalized spacial score (nSPS) is 13.2. The molecule has 5 heteroatoms. The van der Waals surface area contributed by atoms with Gasteiger partial charge in [-0.05, 0) is 19.8 Å². The molecule has 1 aromatic heterocycles. The molecule has 0 amide bonds.